The highest BCUT2D eigenvalue weighted by Crippen LogP contribution is 1.82. The lowest BCUT2D eigenvalue weighted by molar-refractivity contribution is 0.593. The normalized spacial score (nSPS) is 12.4. The third-order valence-corrected chi connectivity index (χ3v) is 1.11. The minimum Gasteiger partial charge on any atom is -0.412 e. The van der Waals surface area contributed by atoms with Crippen LogP contribution in [0.15, 0.2) is 0 Å². The highest BCUT2D eigenvalue weighted by Gasteiger charge is 1.86. The molecule has 0 rings (SSSR count). The van der Waals surface area contributed by atoms with Crippen molar-refractivity contribution in [3.8, 4) is 0 Å². The molecule has 0 aliphatic heterocycles. The van der Waals surface area contributed by atoms with Crippen LogP contribution in [0.25, 0.3) is 0 Å². The van der Waals surface area contributed by atoms with Gasteiger partial charge in [-0.25, -0.2) is 0 Å². The van der Waals surface area contributed by atoms with E-state index >= 15 is 0 Å². The molecule has 0 aliphatic rings. The number of hydrogen-bond acceptors (Lipinski definition) is 1. The molecular formula is C5H15NO. The maximum atomic E-state index is 3.11. The van der Waals surface area contributed by atoms with E-state index in [1.54, 1.807) is 0 Å². The van der Waals surface area contributed by atoms with Gasteiger partial charge in [0.15, 0.2) is 0 Å². The monoisotopic (exact) mass is 105 g/mol. The van der Waals surface area contributed by atoms with E-state index in [9.17, 15) is 0 Å². The van der Waals surface area contributed by atoms with Crippen molar-refractivity contribution in [2.24, 2.45) is 0 Å². The summed E-state index contributed by atoms with van der Waals surface area (Å²) in [5.74, 6) is 0. The number of hydrogen-bond donors (Lipinski definition) is 1. The Morgan fingerprint density at radius 2 is 2.00 bits per heavy atom. The minimum atomic E-state index is 0. The Labute approximate surface area is 45.2 Å². The average Bonchev–Trinajstić information content (AvgIpc) is 1.65. The summed E-state index contributed by atoms with van der Waals surface area (Å²) in [5.41, 5.74) is 0. The zero-order chi connectivity index (χ0) is 4.99. The van der Waals surface area contributed by atoms with Crippen LogP contribution >= 0.6 is 0 Å². The maximum Gasteiger partial charge on any atom is 0.00331 e. The van der Waals surface area contributed by atoms with Gasteiger partial charge in [-0.15, -0.1) is 0 Å². The predicted octanol–water partition coefficient (Wildman–Crippen LogP) is 0.180. The van der Waals surface area contributed by atoms with Gasteiger partial charge in [-0.05, 0) is 20.4 Å². The Kier molecular flexibility index (Phi) is 8.47. The molecule has 1 atom stereocenters. The van der Waals surface area contributed by atoms with Gasteiger partial charge in [0.2, 0.25) is 0 Å². The molecule has 0 aromatic rings. The molecule has 7 heavy (non-hydrogen) atoms. The molecule has 0 bridgehead atoms. The lowest BCUT2D eigenvalue weighted by Gasteiger charge is -2.02. The molecule has 1 unspecified atom stereocenters. The Hall–Kier alpha value is -0.0800. The summed E-state index contributed by atoms with van der Waals surface area (Å²) >= 11 is 0. The molecule has 0 saturated carbocycles. The van der Waals surface area contributed by atoms with Crippen molar-refractivity contribution in [3.05, 3.63) is 0 Å². The fourth-order valence-corrected chi connectivity index (χ4v) is 0.204. The quantitative estimate of drug-likeness (QED) is 0.535. The van der Waals surface area contributed by atoms with Gasteiger partial charge < -0.3 is 10.8 Å². The van der Waals surface area contributed by atoms with Crippen LogP contribution in [0, 0.1) is 0 Å². The van der Waals surface area contributed by atoms with Gasteiger partial charge in [-0.3, -0.25) is 0 Å². The van der Waals surface area contributed by atoms with E-state index in [2.05, 4.69) is 19.2 Å². The second-order valence-corrected chi connectivity index (χ2v) is 1.60. The van der Waals surface area contributed by atoms with Gasteiger partial charge in [0.25, 0.3) is 0 Å². The Morgan fingerprint density at radius 1 is 1.57 bits per heavy atom. The topological polar surface area (TPSA) is 43.5 Å². The summed E-state index contributed by atoms with van der Waals surface area (Å²) in [4.78, 5) is 0. The lowest BCUT2D eigenvalue weighted by Crippen LogP contribution is -2.19. The molecule has 0 heterocycles. The first-order valence-electron chi connectivity index (χ1n) is 2.48. The molecule has 0 aromatic carbocycles. The second kappa shape index (κ2) is 5.92. The highest BCUT2D eigenvalue weighted by molar-refractivity contribution is 4.49. The number of nitrogens with one attached hydrogen (secondary N) is 1. The van der Waals surface area contributed by atoms with Gasteiger partial charge in [0.05, 0.1) is 0 Å². The molecule has 0 spiro atoms. The summed E-state index contributed by atoms with van der Waals surface area (Å²) < 4.78 is 0. The largest absolute Gasteiger partial charge is 0.412 e. The first-order chi connectivity index (χ1) is 2.81. The molecule has 0 fully saturated rings. The summed E-state index contributed by atoms with van der Waals surface area (Å²) in [6.45, 7) is 4.33. The SMILES string of the molecule is CCC(C)NC.O. The van der Waals surface area contributed by atoms with Crippen molar-refractivity contribution >= 4 is 0 Å². The molecule has 0 amide bonds. The predicted molar refractivity (Wildman–Crippen MR) is 32.4 cm³/mol. The fourth-order valence-electron chi connectivity index (χ4n) is 0.204. The first-order valence-corrected chi connectivity index (χ1v) is 2.48. The van der Waals surface area contributed by atoms with Gasteiger partial charge in [-0.1, -0.05) is 6.92 Å². The summed E-state index contributed by atoms with van der Waals surface area (Å²) in [6, 6.07) is 0.685. The Morgan fingerprint density at radius 3 is 2.00 bits per heavy atom. The van der Waals surface area contributed by atoms with Crippen LogP contribution in [0.3, 0.4) is 0 Å². The molecule has 0 radical (unpaired) electrons. The highest BCUT2D eigenvalue weighted by atomic mass is 16.0. The Bertz CT molecular complexity index is 27.3. The van der Waals surface area contributed by atoms with E-state index in [4.69, 9.17) is 0 Å². The summed E-state index contributed by atoms with van der Waals surface area (Å²) in [6.07, 6.45) is 1.22. The van der Waals surface area contributed by atoms with Crippen LogP contribution in [0.5, 0.6) is 0 Å². The standard InChI is InChI=1S/C5H13N.H2O/c1-4-5(2)6-3;/h5-6H,4H2,1-3H3;1H2. The van der Waals surface area contributed by atoms with E-state index in [0.29, 0.717) is 6.04 Å². The fraction of sp³-hybridized carbons (Fsp3) is 1.00. The summed E-state index contributed by atoms with van der Waals surface area (Å²) in [5, 5.41) is 3.11. The molecule has 2 heteroatoms. The van der Waals surface area contributed by atoms with E-state index < -0.39 is 0 Å². The smallest absolute Gasteiger partial charge is 0.00331 e. The van der Waals surface area contributed by atoms with Crippen LogP contribution in [0.4, 0.5) is 0 Å². The van der Waals surface area contributed by atoms with Crippen LogP contribution in [-0.4, -0.2) is 18.6 Å². The lowest BCUT2D eigenvalue weighted by atomic mass is 10.3. The van der Waals surface area contributed by atoms with Crippen molar-refractivity contribution in [2.75, 3.05) is 7.05 Å². The third kappa shape index (κ3) is 5.92. The Balaban J connectivity index is 0. The van der Waals surface area contributed by atoms with E-state index in [0.717, 1.165) is 0 Å². The van der Waals surface area contributed by atoms with Gasteiger partial charge in [0.1, 0.15) is 0 Å². The molecule has 0 aliphatic carbocycles. The van der Waals surface area contributed by atoms with Crippen LogP contribution in [0.2, 0.25) is 0 Å². The van der Waals surface area contributed by atoms with Crippen molar-refractivity contribution in [1.82, 2.24) is 5.32 Å². The van der Waals surface area contributed by atoms with Gasteiger partial charge in [-0.2, -0.15) is 0 Å². The van der Waals surface area contributed by atoms with Crippen LogP contribution < -0.4 is 5.32 Å². The zero-order valence-corrected chi connectivity index (χ0v) is 5.28. The molecule has 3 N–H and O–H groups in total. The molecule has 2 nitrogen and oxygen atoms in total. The van der Waals surface area contributed by atoms with Crippen molar-refractivity contribution < 1.29 is 5.48 Å². The van der Waals surface area contributed by atoms with E-state index in [1.807, 2.05) is 7.05 Å². The second-order valence-electron chi connectivity index (χ2n) is 1.60. The van der Waals surface area contributed by atoms with Crippen LogP contribution in [-0.2, 0) is 0 Å². The van der Waals surface area contributed by atoms with E-state index in [1.165, 1.54) is 6.42 Å². The third-order valence-electron chi connectivity index (χ3n) is 1.11. The van der Waals surface area contributed by atoms with Crippen molar-refractivity contribution in [3.63, 3.8) is 0 Å². The van der Waals surface area contributed by atoms with Gasteiger partial charge in [0, 0.05) is 6.04 Å². The molecular weight excluding hydrogens is 90.1 g/mol. The first kappa shape index (κ1) is 10.0. The number of rotatable bonds is 2. The zero-order valence-electron chi connectivity index (χ0n) is 5.28. The maximum absolute atomic E-state index is 3.11. The molecule has 0 saturated heterocycles. The minimum absolute atomic E-state index is 0. The molecule has 46 valence electrons. The average molecular weight is 105 g/mol. The van der Waals surface area contributed by atoms with E-state index in [-0.39, 0.29) is 5.48 Å². The molecule has 0 aromatic heterocycles. The van der Waals surface area contributed by atoms with Gasteiger partial charge >= 0.3 is 0 Å². The van der Waals surface area contributed by atoms with Crippen LogP contribution in [0.1, 0.15) is 20.3 Å². The summed E-state index contributed by atoms with van der Waals surface area (Å²) in [7, 11) is 1.98. The van der Waals surface area contributed by atoms with Crippen molar-refractivity contribution in [1.29, 1.82) is 0 Å². The van der Waals surface area contributed by atoms with Crippen molar-refractivity contribution in [2.45, 2.75) is 26.3 Å².